The van der Waals surface area contributed by atoms with Gasteiger partial charge in [-0.25, -0.2) is 4.57 Å². The predicted octanol–water partition coefficient (Wildman–Crippen LogP) is 3.48. The molecule has 1 heterocycles. The number of nitrogens with zero attached hydrogens (tertiary/aromatic N) is 1. The molecule has 1 aromatic heterocycles. The van der Waals surface area contributed by atoms with Crippen molar-refractivity contribution < 1.29 is 9.36 Å². The van der Waals surface area contributed by atoms with Gasteiger partial charge in [0, 0.05) is 17.7 Å². The zero-order valence-electron chi connectivity index (χ0n) is 12.8. The highest BCUT2D eigenvalue weighted by atomic mass is 16.1. The lowest BCUT2D eigenvalue weighted by Crippen LogP contribution is -2.28. The van der Waals surface area contributed by atoms with Gasteiger partial charge in [-0.1, -0.05) is 25.1 Å². The largest absolute Gasteiger partial charge is 0.321 e. The lowest BCUT2D eigenvalue weighted by Gasteiger charge is -2.08. The van der Waals surface area contributed by atoms with Crippen LogP contribution in [-0.4, -0.2) is 5.91 Å². The average Bonchev–Trinajstić information content (AvgIpc) is 2.56. The molecule has 0 saturated heterocycles. The minimum absolute atomic E-state index is 0.0818. The number of anilines is 1. The first kappa shape index (κ1) is 14.3. The maximum absolute atomic E-state index is 12.4. The highest BCUT2D eigenvalue weighted by Gasteiger charge is 2.11. The van der Waals surface area contributed by atoms with Gasteiger partial charge in [0.25, 0.3) is 5.91 Å². The number of carbonyl (C=O) groups excluding carboxylic acids is 1. The van der Waals surface area contributed by atoms with Gasteiger partial charge in [-0.05, 0) is 36.2 Å². The molecule has 0 radical (unpaired) electrons. The molecule has 3 nitrogen and oxygen atoms in total. The van der Waals surface area contributed by atoms with E-state index in [2.05, 4.69) is 12.2 Å². The Morgan fingerprint density at radius 1 is 1.05 bits per heavy atom. The molecule has 0 fully saturated rings. The molecule has 3 aromatic rings. The highest BCUT2D eigenvalue weighted by molar-refractivity contribution is 6.08. The average molecular weight is 291 g/mol. The van der Waals surface area contributed by atoms with Gasteiger partial charge in [0.2, 0.25) is 5.52 Å². The number of aryl methyl sites for hydroxylation is 2. The molecule has 110 valence electrons. The lowest BCUT2D eigenvalue weighted by atomic mass is 10.1. The zero-order chi connectivity index (χ0) is 15.5. The van der Waals surface area contributed by atoms with Crippen molar-refractivity contribution in [1.29, 1.82) is 0 Å². The second kappa shape index (κ2) is 5.98. The van der Waals surface area contributed by atoms with Crippen LogP contribution in [0.25, 0.3) is 10.9 Å². The maximum Gasteiger partial charge on any atom is 0.255 e. The summed E-state index contributed by atoms with van der Waals surface area (Å²) < 4.78 is 2.04. The Labute approximate surface area is 130 Å². The van der Waals surface area contributed by atoms with E-state index in [0.717, 1.165) is 23.0 Å². The lowest BCUT2D eigenvalue weighted by molar-refractivity contribution is -0.644. The van der Waals surface area contributed by atoms with Crippen molar-refractivity contribution in [3.63, 3.8) is 0 Å². The van der Waals surface area contributed by atoms with Crippen LogP contribution in [0.1, 0.15) is 22.8 Å². The Kier molecular flexibility index (Phi) is 3.88. The smallest absolute Gasteiger partial charge is 0.255 e. The van der Waals surface area contributed by atoms with Gasteiger partial charge >= 0.3 is 0 Å². The standard InChI is InChI=1S/C19H18N2O/c1-3-14-9-11-15(12-10-14)19(22)20-17-7-4-8-18-16(17)6-5-13-21(18)2/h4-13H,3H2,1-2H3/p+1. The van der Waals surface area contributed by atoms with E-state index in [-0.39, 0.29) is 5.91 Å². The van der Waals surface area contributed by atoms with Crippen LogP contribution in [0.2, 0.25) is 0 Å². The first-order chi connectivity index (χ1) is 10.7. The number of amides is 1. The number of rotatable bonds is 3. The molecular formula is C19H19N2O+. The van der Waals surface area contributed by atoms with E-state index in [9.17, 15) is 4.79 Å². The Morgan fingerprint density at radius 3 is 2.55 bits per heavy atom. The summed E-state index contributed by atoms with van der Waals surface area (Å²) in [4.78, 5) is 12.4. The van der Waals surface area contributed by atoms with Crippen molar-refractivity contribution in [2.45, 2.75) is 13.3 Å². The number of benzene rings is 2. The molecule has 0 bridgehead atoms. The first-order valence-corrected chi connectivity index (χ1v) is 7.46. The first-order valence-electron chi connectivity index (χ1n) is 7.46. The second-order valence-electron chi connectivity index (χ2n) is 5.36. The van der Waals surface area contributed by atoms with Crippen molar-refractivity contribution in [3.05, 3.63) is 71.9 Å². The van der Waals surface area contributed by atoms with Crippen LogP contribution in [0.3, 0.4) is 0 Å². The molecule has 1 amide bonds. The third-order valence-electron chi connectivity index (χ3n) is 3.91. The third-order valence-corrected chi connectivity index (χ3v) is 3.91. The molecule has 22 heavy (non-hydrogen) atoms. The van der Waals surface area contributed by atoms with Crippen LogP contribution in [-0.2, 0) is 13.5 Å². The molecule has 0 aliphatic heterocycles. The summed E-state index contributed by atoms with van der Waals surface area (Å²) in [5.74, 6) is -0.0818. The number of hydrogen-bond donors (Lipinski definition) is 1. The molecule has 0 atom stereocenters. The second-order valence-corrected chi connectivity index (χ2v) is 5.36. The molecule has 0 saturated carbocycles. The van der Waals surface area contributed by atoms with Crippen LogP contribution in [0, 0.1) is 0 Å². The Morgan fingerprint density at radius 2 is 1.82 bits per heavy atom. The van der Waals surface area contributed by atoms with Gasteiger partial charge in [-0.2, -0.15) is 0 Å². The molecule has 0 aliphatic rings. The van der Waals surface area contributed by atoms with Crippen LogP contribution < -0.4 is 9.88 Å². The zero-order valence-corrected chi connectivity index (χ0v) is 12.8. The molecule has 1 N–H and O–H groups in total. The summed E-state index contributed by atoms with van der Waals surface area (Å²) in [5, 5.41) is 4.05. The van der Waals surface area contributed by atoms with E-state index in [4.69, 9.17) is 0 Å². The van der Waals surface area contributed by atoms with E-state index >= 15 is 0 Å². The van der Waals surface area contributed by atoms with Crippen LogP contribution in [0.5, 0.6) is 0 Å². The van der Waals surface area contributed by atoms with E-state index in [1.54, 1.807) is 0 Å². The van der Waals surface area contributed by atoms with E-state index in [1.165, 1.54) is 5.56 Å². The minimum atomic E-state index is -0.0818. The fraction of sp³-hybridized carbons (Fsp3) is 0.158. The van der Waals surface area contributed by atoms with Gasteiger partial charge in [0.15, 0.2) is 6.20 Å². The fourth-order valence-corrected chi connectivity index (χ4v) is 2.58. The van der Waals surface area contributed by atoms with E-state index < -0.39 is 0 Å². The monoisotopic (exact) mass is 291 g/mol. The number of aromatic nitrogens is 1. The summed E-state index contributed by atoms with van der Waals surface area (Å²) in [6.45, 7) is 2.10. The predicted molar refractivity (Wildman–Crippen MR) is 88.9 cm³/mol. The molecule has 3 rings (SSSR count). The third kappa shape index (κ3) is 2.70. The van der Waals surface area contributed by atoms with Gasteiger partial charge < -0.3 is 5.32 Å². The summed E-state index contributed by atoms with van der Waals surface area (Å²) in [6.07, 6.45) is 2.97. The molecule has 0 unspecified atom stereocenters. The van der Waals surface area contributed by atoms with Crippen LogP contribution >= 0.6 is 0 Å². The maximum atomic E-state index is 12.4. The summed E-state index contributed by atoms with van der Waals surface area (Å²) >= 11 is 0. The molecule has 3 heteroatoms. The highest BCUT2D eigenvalue weighted by Crippen LogP contribution is 2.21. The Hall–Kier alpha value is -2.68. The number of carbonyl (C=O) groups is 1. The van der Waals surface area contributed by atoms with Crippen LogP contribution in [0.15, 0.2) is 60.8 Å². The van der Waals surface area contributed by atoms with Crippen molar-refractivity contribution >= 4 is 22.5 Å². The fourth-order valence-electron chi connectivity index (χ4n) is 2.58. The molecule has 0 aliphatic carbocycles. The number of nitrogens with one attached hydrogen (secondary N) is 1. The topological polar surface area (TPSA) is 33.0 Å². The van der Waals surface area contributed by atoms with Crippen LogP contribution in [0.4, 0.5) is 5.69 Å². The number of fused-ring (bicyclic) bond motifs is 1. The van der Waals surface area contributed by atoms with Gasteiger partial charge in [0.05, 0.1) is 11.1 Å². The van der Waals surface area contributed by atoms with E-state index in [1.807, 2.05) is 72.4 Å². The quantitative estimate of drug-likeness (QED) is 0.736. The normalized spacial score (nSPS) is 10.6. The minimum Gasteiger partial charge on any atom is -0.321 e. The van der Waals surface area contributed by atoms with Gasteiger partial charge in [-0.15, -0.1) is 0 Å². The van der Waals surface area contributed by atoms with Crippen molar-refractivity contribution in [2.75, 3.05) is 5.32 Å². The van der Waals surface area contributed by atoms with E-state index in [0.29, 0.717) is 5.56 Å². The van der Waals surface area contributed by atoms with Crippen molar-refractivity contribution in [3.8, 4) is 0 Å². The summed E-state index contributed by atoms with van der Waals surface area (Å²) in [5.41, 5.74) is 3.82. The Balaban J connectivity index is 1.92. The number of hydrogen-bond acceptors (Lipinski definition) is 1. The van der Waals surface area contributed by atoms with Gasteiger partial charge in [-0.3, -0.25) is 4.79 Å². The summed E-state index contributed by atoms with van der Waals surface area (Å²) in [7, 11) is 2.00. The number of pyridine rings is 1. The Bertz CT molecular complexity index is 822. The molecular weight excluding hydrogens is 272 g/mol. The SMILES string of the molecule is CCc1ccc(C(=O)Nc2cccc3c2ccc[n+]3C)cc1. The molecule has 2 aromatic carbocycles. The van der Waals surface area contributed by atoms with Crippen molar-refractivity contribution in [1.82, 2.24) is 0 Å². The summed E-state index contributed by atoms with van der Waals surface area (Å²) in [6, 6.07) is 17.7. The van der Waals surface area contributed by atoms with Crippen molar-refractivity contribution in [2.24, 2.45) is 7.05 Å². The molecule has 0 spiro atoms. The van der Waals surface area contributed by atoms with Gasteiger partial charge in [0.1, 0.15) is 7.05 Å².